The Bertz CT molecular complexity index is 905. The number of fused-ring (bicyclic) bond motifs is 1. The number of halogens is 2. The molecule has 0 spiro atoms. The Kier molecular flexibility index (Phi) is 3.73. The van der Waals surface area contributed by atoms with Crippen LogP contribution in [0, 0.1) is 25.5 Å². The Hall–Kier alpha value is -2.89. The molecule has 3 aromatic rings. The summed E-state index contributed by atoms with van der Waals surface area (Å²) in [7, 11) is 0. The van der Waals surface area contributed by atoms with Gasteiger partial charge in [0.05, 0.1) is 0 Å². The fourth-order valence-corrected chi connectivity index (χ4v) is 2.39. The van der Waals surface area contributed by atoms with Crippen molar-refractivity contribution in [2.45, 2.75) is 13.8 Å². The van der Waals surface area contributed by atoms with Gasteiger partial charge >= 0.3 is 0 Å². The second-order valence-electron chi connectivity index (χ2n) is 5.20. The third-order valence-electron chi connectivity index (χ3n) is 3.44. The number of anilines is 1. The molecule has 0 aliphatic heterocycles. The van der Waals surface area contributed by atoms with E-state index in [1.54, 1.807) is 12.1 Å². The highest BCUT2D eigenvalue weighted by Crippen LogP contribution is 2.19. The fourth-order valence-electron chi connectivity index (χ4n) is 2.39. The molecule has 0 saturated carbocycles. The maximum atomic E-state index is 13.6. The molecule has 2 heterocycles. The molecule has 23 heavy (non-hydrogen) atoms. The van der Waals surface area contributed by atoms with Crippen LogP contribution in [-0.2, 0) is 0 Å². The summed E-state index contributed by atoms with van der Waals surface area (Å²) in [5.74, 6) is -2.55. The summed E-state index contributed by atoms with van der Waals surface area (Å²) in [4.78, 5) is 20.6. The number of carbonyl (C=O) groups is 1. The number of pyridine rings is 2. The lowest BCUT2D eigenvalue weighted by Gasteiger charge is -2.08. The van der Waals surface area contributed by atoms with Crippen LogP contribution in [0.25, 0.3) is 11.0 Å². The zero-order chi connectivity index (χ0) is 16.6. The van der Waals surface area contributed by atoms with Crippen LogP contribution in [0.5, 0.6) is 0 Å². The summed E-state index contributed by atoms with van der Waals surface area (Å²) >= 11 is 0. The number of amides is 1. The summed E-state index contributed by atoms with van der Waals surface area (Å²) in [6.07, 6.45) is 0. The second kappa shape index (κ2) is 5.72. The van der Waals surface area contributed by atoms with Crippen molar-refractivity contribution >= 4 is 22.8 Å². The summed E-state index contributed by atoms with van der Waals surface area (Å²) < 4.78 is 27.3. The first-order chi connectivity index (χ1) is 11.0. The first-order valence-corrected chi connectivity index (χ1v) is 6.96. The summed E-state index contributed by atoms with van der Waals surface area (Å²) in [6.45, 7) is 3.78. The van der Waals surface area contributed by atoms with Gasteiger partial charge in [0.1, 0.15) is 23.0 Å². The number of nitrogens with zero attached hydrogens (tertiary/aromatic N) is 2. The predicted octanol–water partition coefficient (Wildman–Crippen LogP) is 3.78. The van der Waals surface area contributed by atoms with E-state index in [0.717, 1.165) is 28.8 Å². The number of carbonyl (C=O) groups excluding carboxylic acids is 1. The van der Waals surface area contributed by atoms with E-state index in [0.29, 0.717) is 5.65 Å². The molecular weight excluding hydrogens is 300 g/mol. The largest absolute Gasteiger partial charge is 0.306 e. The van der Waals surface area contributed by atoms with Crippen molar-refractivity contribution < 1.29 is 13.6 Å². The average molecular weight is 313 g/mol. The minimum Gasteiger partial charge on any atom is -0.306 e. The van der Waals surface area contributed by atoms with Gasteiger partial charge in [-0.05, 0) is 49.7 Å². The van der Waals surface area contributed by atoms with Crippen LogP contribution in [0.3, 0.4) is 0 Å². The fraction of sp³-hybridized carbons (Fsp3) is 0.118. The molecule has 1 N–H and O–H groups in total. The van der Waals surface area contributed by atoms with E-state index < -0.39 is 23.1 Å². The first-order valence-electron chi connectivity index (χ1n) is 6.96. The molecule has 4 nitrogen and oxygen atoms in total. The van der Waals surface area contributed by atoms with Gasteiger partial charge in [-0.3, -0.25) is 4.79 Å². The van der Waals surface area contributed by atoms with Crippen LogP contribution >= 0.6 is 0 Å². The van der Waals surface area contributed by atoms with Gasteiger partial charge in [-0.15, -0.1) is 0 Å². The topological polar surface area (TPSA) is 54.9 Å². The van der Waals surface area contributed by atoms with Crippen LogP contribution in [-0.4, -0.2) is 15.9 Å². The molecule has 0 atom stereocenters. The van der Waals surface area contributed by atoms with E-state index in [1.165, 1.54) is 6.07 Å². The Balaban J connectivity index is 1.97. The lowest BCUT2D eigenvalue weighted by atomic mass is 10.1. The molecule has 0 radical (unpaired) electrons. The third-order valence-corrected chi connectivity index (χ3v) is 3.44. The minimum absolute atomic E-state index is 0.183. The molecule has 6 heteroatoms. The van der Waals surface area contributed by atoms with E-state index in [4.69, 9.17) is 0 Å². The normalized spacial score (nSPS) is 10.8. The van der Waals surface area contributed by atoms with Crippen molar-refractivity contribution in [1.29, 1.82) is 0 Å². The van der Waals surface area contributed by atoms with Gasteiger partial charge in [-0.25, -0.2) is 18.7 Å². The van der Waals surface area contributed by atoms with Crippen molar-refractivity contribution in [3.05, 3.63) is 64.9 Å². The summed E-state index contributed by atoms with van der Waals surface area (Å²) in [5.41, 5.74) is 1.64. The smallest absolute Gasteiger partial charge is 0.262 e. The number of nitrogens with one attached hydrogen (secondary N) is 1. The Labute approximate surface area is 131 Å². The van der Waals surface area contributed by atoms with Crippen molar-refractivity contribution in [1.82, 2.24) is 9.97 Å². The summed E-state index contributed by atoms with van der Waals surface area (Å²) in [5, 5.41) is 3.25. The van der Waals surface area contributed by atoms with Crippen LogP contribution in [0.15, 0.2) is 36.4 Å². The zero-order valence-corrected chi connectivity index (χ0v) is 12.5. The number of rotatable bonds is 2. The molecule has 0 aliphatic carbocycles. The van der Waals surface area contributed by atoms with Crippen LogP contribution in [0.4, 0.5) is 14.6 Å². The SMILES string of the molecule is Cc1cc(C)c2ccc(NC(=O)c3c(F)cccc3F)nc2n1. The number of benzene rings is 1. The van der Waals surface area contributed by atoms with E-state index in [-0.39, 0.29) is 5.82 Å². The molecule has 3 rings (SSSR count). The van der Waals surface area contributed by atoms with Gasteiger partial charge in [0.25, 0.3) is 5.91 Å². The highest BCUT2D eigenvalue weighted by atomic mass is 19.1. The van der Waals surface area contributed by atoms with Crippen molar-refractivity contribution in [3.63, 3.8) is 0 Å². The number of hydrogen-bond acceptors (Lipinski definition) is 3. The zero-order valence-electron chi connectivity index (χ0n) is 12.5. The van der Waals surface area contributed by atoms with Crippen LogP contribution < -0.4 is 5.32 Å². The molecule has 1 aromatic carbocycles. The molecule has 0 unspecified atom stereocenters. The van der Waals surface area contributed by atoms with E-state index in [1.807, 2.05) is 19.9 Å². The first kappa shape index (κ1) is 15.0. The van der Waals surface area contributed by atoms with E-state index in [2.05, 4.69) is 15.3 Å². The number of hydrogen-bond donors (Lipinski definition) is 1. The lowest BCUT2D eigenvalue weighted by Crippen LogP contribution is -2.16. The van der Waals surface area contributed by atoms with Gasteiger partial charge < -0.3 is 5.32 Å². The van der Waals surface area contributed by atoms with Gasteiger partial charge in [-0.1, -0.05) is 6.07 Å². The lowest BCUT2D eigenvalue weighted by molar-refractivity contribution is 0.101. The Morgan fingerprint density at radius 3 is 2.43 bits per heavy atom. The van der Waals surface area contributed by atoms with Gasteiger partial charge in [0, 0.05) is 11.1 Å². The summed E-state index contributed by atoms with van der Waals surface area (Å²) in [6, 6.07) is 8.52. The van der Waals surface area contributed by atoms with Gasteiger partial charge in [0.15, 0.2) is 5.65 Å². The molecule has 0 saturated heterocycles. The Morgan fingerprint density at radius 2 is 1.74 bits per heavy atom. The average Bonchev–Trinajstić information content (AvgIpc) is 2.46. The van der Waals surface area contributed by atoms with Crippen LogP contribution in [0.1, 0.15) is 21.6 Å². The molecule has 1 amide bonds. The highest BCUT2D eigenvalue weighted by molar-refractivity contribution is 6.04. The highest BCUT2D eigenvalue weighted by Gasteiger charge is 2.17. The van der Waals surface area contributed by atoms with E-state index in [9.17, 15) is 13.6 Å². The quantitative estimate of drug-likeness (QED) is 0.783. The maximum Gasteiger partial charge on any atom is 0.262 e. The number of aromatic nitrogens is 2. The maximum absolute atomic E-state index is 13.6. The van der Waals surface area contributed by atoms with Crippen molar-refractivity contribution in [2.75, 3.05) is 5.32 Å². The molecule has 116 valence electrons. The second-order valence-corrected chi connectivity index (χ2v) is 5.20. The molecule has 2 aromatic heterocycles. The van der Waals surface area contributed by atoms with Gasteiger partial charge in [-0.2, -0.15) is 0 Å². The molecule has 0 aliphatic rings. The van der Waals surface area contributed by atoms with Gasteiger partial charge in [0.2, 0.25) is 0 Å². The van der Waals surface area contributed by atoms with Crippen molar-refractivity contribution in [3.8, 4) is 0 Å². The molecule has 0 bridgehead atoms. The number of aryl methyl sites for hydroxylation is 2. The monoisotopic (exact) mass is 313 g/mol. The molecule has 0 fully saturated rings. The Morgan fingerprint density at radius 1 is 1.04 bits per heavy atom. The minimum atomic E-state index is -0.923. The molecular formula is C17H13F2N3O. The predicted molar refractivity (Wildman–Crippen MR) is 83.3 cm³/mol. The van der Waals surface area contributed by atoms with Crippen molar-refractivity contribution in [2.24, 2.45) is 0 Å². The standard InChI is InChI=1S/C17H13F2N3O/c1-9-8-10(2)20-16-11(9)6-7-14(21-16)22-17(23)15-12(18)4-3-5-13(15)19/h3-8H,1-2H3,(H,20,21,22,23). The van der Waals surface area contributed by atoms with E-state index >= 15 is 0 Å². The van der Waals surface area contributed by atoms with Crippen LogP contribution in [0.2, 0.25) is 0 Å². The third kappa shape index (κ3) is 2.88.